The van der Waals surface area contributed by atoms with Crippen LogP contribution in [-0.4, -0.2) is 18.3 Å². The van der Waals surface area contributed by atoms with Crippen LogP contribution in [0.2, 0.25) is 0 Å². The van der Waals surface area contributed by atoms with Gasteiger partial charge in [0, 0.05) is 18.0 Å². The molecule has 0 atom stereocenters. The lowest BCUT2D eigenvalue weighted by atomic mass is 10.1. The van der Waals surface area contributed by atoms with E-state index in [0.717, 1.165) is 25.0 Å². The number of hydrogen-bond acceptors (Lipinski definition) is 1. The Bertz CT molecular complexity index is 389. The van der Waals surface area contributed by atoms with E-state index in [9.17, 15) is 18.0 Å². The van der Waals surface area contributed by atoms with Gasteiger partial charge < -0.3 is 5.32 Å². The highest BCUT2D eigenvalue weighted by molar-refractivity contribution is 6.17. The first-order valence-electron chi connectivity index (χ1n) is 5.46. The number of benzene rings is 1. The normalized spacial score (nSPS) is 11.3. The van der Waals surface area contributed by atoms with Crippen molar-refractivity contribution in [3.8, 4) is 0 Å². The molecule has 0 unspecified atom stereocenters. The van der Waals surface area contributed by atoms with Crippen LogP contribution in [0, 0.1) is 0 Å². The van der Waals surface area contributed by atoms with Crippen LogP contribution >= 0.6 is 11.6 Å². The molecule has 18 heavy (non-hydrogen) atoms. The van der Waals surface area contributed by atoms with Gasteiger partial charge >= 0.3 is 6.18 Å². The summed E-state index contributed by atoms with van der Waals surface area (Å²) in [5, 5.41) is 2.61. The molecule has 0 radical (unpaired) electrons. The van der Waals surface area contributed by atoms with E-state index in [1.54, 1.807) is 0 Å². The molecule has 0 aliphatic rings. The highest BCUT2D eigenvalue weighted by Gasteiger charge is 2.30. The molecule has 100 valence electrons. The molecule has 1 N–H and O–H groups in total. The molecular weight excluding hydrogens is 267 g/mol. The molecule has 1 aromatic rings. The van der Waals surface area contributed by atoms with Crippen LogP contribution in [0.3, 0.4) is 0 Å². The Hall–Kier alpha value is -1.23. The lowest BCUT2D eigenvalue weighted by Crippen LogP contribution is -2.24. The summed E-state index contributed by atoms with van der Waals surface area (Å²) in [4.78, 5) is 11.5. The number of hydrogen-bond donors (Lipinski definition) is 1. The van der Waals surface area contributed by atoms with Crippen molar-refractivity contribution in [3.05, 3.63) is 35.4 Å². The maximum atomic E-state index is 12.3. The first-order valence-corrected chi connectivity index (χ1v) is 6.00. The number of alkyl halides is 4. The van der Waals surface area contributed by atoms with Crippen LogP contribution in [0.1, 0.15) is 28.8 Å². The number of carbonyl (C=O) groups excluding carboxylic acids is 1. The van der Waals surface area contributed by atoms with Gasteiger partial charge in [-0.2, -0.15) is 13.2 Å². The molecule has 6 heteroatoms. The second kappa shape index (κ2) is 6.64. The predicted molar refractivity (Wildman–Crippen MR) is 63.7 cm³/mol. The van der Waals surface area contributed by atoms with Crippen LogP contribution < -0.4 is 5.32 Å². The lowest BCUT2D eigenvalue weighted by molar-refractivity contribution is -0.137. The summed E-state index contributed by atoms with van der Waals surface area (Å²) < 4.78 is 36.9. The minimum Gasteiger partial charge on any atom is -0.352 e. The molecule has 0 aliphatic heterocycles. The molecule has 0 heterocycles. The van der Waals surface area contributed by atoms with E-state index < -0.39 is 11.7 Å². The van der Waals surface area contributed by atoms with Crippen LogP contribution in [0.15, 0.2) is 24.3 Å². The summed E-state index contributed by atoms with van der Waals surface area (Å²) in [6.07, 6.45) is -2.85. The fraction of sp³-hybridized carbons (Fsp3) is 0.417. The molecule has 0 spiro atoms. The minimum absolute atomic E-state index is 0.217. The minimum atomic E-state index is -4.38. The Morgan fingerprint density at radius 2 is 1.78 bits per heavy atom. The van der Waals surface area contributed by atoms with Gasteiger partial charge in [-0.3, -0.25) is 4.79 Å². The van der Waals surface area contributed by atoms with Gasteiger partial charge in [-0.05, 0) is 37.1 Å². The van der Waals surface area contributed by atoms with Crippen molar-refractivity contribution < 1.29 is 18.0 Å². The number of rotatable bonds is 5. The van der Waals surface area contributed by atoms with Gasteiger partial charge in [0.05, 0.1) is 5.56 Å². The van der Waals surface area contributed by atoms with E-state index in [0.29, 0.717) is 12.4 Å². The van der Waals surface area contributed by atoms with Crippen molar-refractivity contribution in [2.45, 2.75) is 19.0 Å². The van der Waals surface area contributed by atoms with Crippen molar-refractivity contribution in [1.29, 1.82) is 0 Å². The lowest BCUT2D eigenvalue weighted by Gasteiger charge is -2.08. The summed E-state index contributed by atoms with van der Waals surface area (Å²) in [6, 6.07) is 4.13. The van der Waals surface area contributed by atoms with Crippen LogP contribution in [0.4, 0.5) is 13.2 Å². The zero-order valence-corrected chi connectivity index (χ0v) is 10.3. The van der Waals surface area contributed by atoms with E-state index >= 15 is 0 Å². The van der Waals surface area contributed by atoms with Gasteiger partial charge in [-0.25, -0.2) is 0 Å². The average molecular weight is 280 g/mol. The molecular formula is C12H13ClF3NO. The van der Waals surface area contributed by atoms with E-state index in [2.05, 4.69) is 5.32 Å². The van der Waals surface area contributed by atoms with E-state index in [1.807, 2.05) is 0 Å². The third kappa shape index (κ3) is 4.56. The predicted octanol–water partition coefficient (Wildman–Crippen LogP) is 3.45. The molecule has 0 fully saturated rings. The molecule has 2 nitrogen and oxygen atoms in total. The number of nitrogens with one attached hydrogen (secondary N) is 1. The average Bonchev–Trinajstić information content (AvgIpc) is 2.33. The second-order valence-corrected chi connectivity index (χ2v) is 4.11. The van der Waals surface area contributed by atoms with Crippen molar-refractivity contribution >= 4 is 17.5 Å². The Labute approximate surface area is 108 Å². The monoisotopic (exact) mass is 279 g/mol. The molecule has 0 saturated carbocycles. The number of amides is 1. The molecule has 1 rings (SSSR count). The van der Waals surface area contributed by atoms with Gasteiger partial charge in [0.15, 0.2) is 0 Å². The highest BCUT2D eigenvalue weighted by atomic mass is 35.5. The SMILES string of the molecule is O=C(NCCCCCl)c1ccc(C(F)(F)F)cc1. The van der Waals surface area contributed by atoms with Crippen LogP contribution in [-0.2, 0) is 6.18 Å². The second-order valence-electron chi connectivity index (χ2n) is 3.73. The van der Waals surface area contributed by atoms with E-state index in [-0.39, 0.29) is 11.5 Å². The van der Waals surface area contributed by atoms with E-state index in [4.69, 9.17) is 11.6 Å². The molecule has 0 aromatic heterocycles. The van der Waals surface area contributed by atoms with Crippen LogP contribution in [0.25, 0.3) is 0 Å². The number of halogens is 4. The fourth-order valence-electron chi connectivity index (χ4n) is 1.33. The van der Waals surface area contributed by atoms with Gasteiger partial charge in [-0.1, -0.05) is 0 Å². The van der Waals surface area contributed by atoms with Crippen molar-refractivity contribution in [1.82, 2.24) is 5.32 Å². The maximum Gasteiger partial charge on any atom is 0.416 e. The highest BCUT2D eigenvalue weighted by Crippen LogP contribution is 2.28. The zero-order valence-electron chi connectivity index (χ0n) is 9.56. The Kier molecular flexibility index (Phi) is 5.47. The van der Waals surface area contributed by atoms with Gasteiger partial charge in [-0.15, -0.1) is 11.6 Å². The third-order valence-corrected chi connectivity index (χ3v) is 2.59. The summed E-state index contributed by atoms with van der Waals surface area (Å²) in [7, 11) is 0. The summed E-state index contributed by atoms with van der Waals surface area (Å²) in [5.41, 5.74) is -0.546. The first-order chi connectivity index (χ1) is 8.45. The molecule has 1 amide bonds. The fourth-order valence-corrected chi connectivity index (χ4v) is 1.52. The van der Waals surface area contributed by atoms with Gasteiger partial charge in [0.2, 0.25) is 0 Å². The molecule has 0 bridgehead atoms. The maximum absolute atomic E-state index is 12.3. The van der Waals surface area contributed by atoms with Crippen LogP contribution in [0.5, 0.6) is 0 Å². The Balaban J connectivity index is 2.54. The summed E-state index contributed by atoms with van der Waals surface area (Å²) in [6.45, 7) is 0.465. The topological polar surface area (TPSA) is 29.1 Å². The third-order valence-electron chi connectivity index (χ3n) is 2.32. The Morgan fingerprint density at radius 1 is 1.17 bits per heavy atom. The number of carbonyl (C=O) groups is 1. The van der Waals surface area contributed by atoms with Crippen molar-refractivity contribution in [2.24, 2.45) is 0 Å². The first kappa shape index (κ1) is 14.8. The standard InChI is InChI=1S/C12H13ClF3NO/c13-7-1-2-8-17-11(18)9-3-5-10(6-4-9)12(14,15)16/h3-6H,1-2,7-8H2,(H,17,18). The molecule has 1 aromatic carbocycles. The quantitative estimate of drug-likeness (QED) is 0.649. The molecule has 0 aliphatic carbocycles. The summed E-state index contributed by atoms with van der Waals surface area (Å²) >= 11 is 5.47. The Morgan fingerprint density at radius 3 is 2.28 bits per heavy atom. The summed E-state index contributed by atoms with van der Waals surface area (Å²) in [5.74, 6) is 0.147. The number of unbranched alkanes of at least 4 members (excludes halogenated alkanes) is 1. The van der Waals surface area contributed by atoms with E-state index in [1.165, 1.54) is 12.1 Å². The van der Waals surface area contributed by atoms with Gasteiger partial charge in [0.1, 0.15) is 0 Å². The largest absolute Gasteiger partial charge is 0.416 e. The smallest absolute Gasteiger partial charge is 0.352 e. The van der Waals surface area contributed by atoms with Gasteiger partial charge in [0.25, 0.3) is 5.91 Å². The molecule has 0 saturated heterocycles. The zero-order chi connectivity index (χ0) is 13.6. The van der Waals surface area contributed by atoms with Crippen molar-refractivity contribution in [3.63, 3.8) is 0 Å². The van der Waals surface area contributed by atoms with Crippen molar-refractivity contribution in [2.75, 3.05) is 12.4 Å².